The van der Waals surface area contributed by atoms with Crippen LogP contribution < -0.4 is 15.8 Å². The predicted octanol–water partition coefficient (Wildman–Crippen LogP) is 0.751. The number of anilines is 1. The molecule has 2 rings (SSSR count). The molecule has 1 amide bonds. The van der Waals surface area contributed by atoms with E-state index >= 15 is 0 Å². The molecule has 1 aliphatic rings. The second kappa shape index (κ2) is 5.65. The molecule has 1 aliphatic carbocycles. The van der Waals surface area contributed by atoms with E-state index in [1.54, 1.807) is 19.9 Å². The van der Waals surface area contributed by atoms with Crippen LogP contribution in [-0.4, -0.2) is 26.9 Å². The standard InChI is InChI=1S/C14H21N3O3S/c1-8-6-12(15)10(3)14(9(8)2)21(19,20)16-7-13(18)17-11-4-5-11/h6,11,16H,4-5,7,15H2,1-3H3,(H,17,18). The SMILES string of the molecule is Cc1cc(N)c(C)c(S(=O)(=O)NCC(=O)NC2CC2)c1C. The van der Waals surface area contributed by atoms with Crippen molar-refractivity contribution in [1.29, 1.82) is 0 Å². The smallest absolute Gasteiger partial charge is 0.241 e. The quantitative estimate of drug-likeness (QED) is 0.698. The van der Waals surface area contributed by atoms with Crippen LogP contribution in [0.25, 0.3) is 0 Å². The highest BCUT2D eigenvalue weighted by molar-refractivity contribution is 7.89. The van der Waals surface area contributed by atoms with Gasteiger partial charge < -0.3 is 11.1 Å². The first-order valence-corrected chi connectivity index (χ1v) is 8.36. The van der Waals surface area contributed by atoms with Crippen molar-refractivity contribution in [3.63, 3.8) is 0 Å². The maximum atomic E-state index is 12.4. The van der Waals surface area contributed by atoms with Crippen molar-refractivity contribution >= 4 is 21.6 Å². The van der Waals surface area contributed by atoms with Crippen molar-refractivity contribution in [2.45, 2.75) is 44.6 Å². The van der Waals surface area contributed by atoms with Gasteiger partial charge in [0.1, 0.15) is 0 Å². The first-order chi connectivity index (χ1) is 9.72. The van der Waals surface area contributed by atoms with E-state index in [0.717, 1.165) is 18.4 Å². The first-order valence-electron chi connectivity index (χ1n) is 6.87. The fourth-order valence-corrected chi connectivity index (χ4v) is 3.73. The van der Waals surface area contributed by atoms with Crippen molar-refractivity contribution in [2.24, 2.45) is 0 Å². The highest BCUT2D eigenvalue weighted by atomic mass is 32.2. The molecule has 21 heavy (non-hydrogen) atoms. The van der Waals surface area contributed by atoms with Crippen LogP contribution in [0, 0.1) is 20.8 Å². The molecule has 0 atom stereocenters. The van der Waals surface area contributed by atoms with Crippen molar-refractivity contribution in [1.82, 2.24) is 10.0 Å². The first kappa shape index (κ1) is 15.8. The summed E-state index contributed by atoms with van der Waals surface area (Å²) < 4.78 is 27.2. The molecule has 0 unspecified atom stereocenters. The van der Waals surface area contributed by atoms with Crippen molar-refractivity contribution < 1.29 is 13.2 Å². The summed E-state index contributed by atoms with van der Waals surface area (Å²) in [6, 6.07) is 1.96. The van der Waals surface area contributed by atoms with Crippen molar-refractivity contribution in [3.8, 4) is 0 Å². The van der Waals surface area contributed by atoms with Crippen LogP contribution >= 0.6 is 0 Å². The lowest BCUT2D eigenvalue weighted by Gasteiger charge is -2.15. The third-order valence-corrected chi connectivity index (χ3v) is 5.39. The number of carbonyl (C=O) groups is 1. The lowest BCUT2D eigenvalue weighted by molar-refractivity contribution is -0.120. The number of sulfonamides is 1. The number of nitrogens with one attached hydrogen (secondary N) is 2. The van der Waals surface area contributed by atoms with Gasteiger partial charge in [-0.05, 0) is 56.4 Å². The van der Waals surface area contributed by atoms with E-state index in [1.165, 1.54) is 0 Å². The molecule has 6 nitrogen and oxygen atoms in total. The van der Waals surface area contributed by atoms with E-state index in [-0.39, 0.29) is 23.4 Å². The molecular formula is C14H21N3O3S. The maximum absolute atomic E-state index is 12.4. The molecule has 0 aromatic heterocycles. The summed E-state index contributed by atoms with van der Waals surface area (Å²) in [5.41, 5.74) is 8.24. The van der Waals surface area contributed by atoms with E-state index < -0.39 is 10.0 Å². The van der Waals surface area contributed by atoms with E-state index in [1.807, 2.05) is 6.92 Å². The van der Waals surface area contributed by atoms with E-state index in [0.29, 0.717) is 16.8 Å². The Labute approximate surface area is 125 Å². The topological polar surface area (TPSA) is 101 Å². The summed E-state index contributed by atoms with van der Waals surface area (Å²) in [7, 11) is -3.77. The molecule has 0 bridgehead atoms. The highest BCUT2D eigenvalue weighted by Gasteiger charge is 2.26. The Bertz CT molecular complexity index is 653. The number of benzene rings is 1. The average molecular weight is 311 g/mol. The van der Waals surface area contributed by atoms with Gasteiger partial charge in [0.2, 0.25) is 15.9 Å². The summed E-state index contributed by atoms with van der Waals surface area (Å²) in [6.07, 6.45) is 1.93. The number of nitrogen functional groups attached to an aromatic ring is 1. The van der Waals surface area contributed by atoms with E-state index in [2.05, 4.69) is 10.0 Å². The fraction of sp³-hybridized carbons (Fsp3) is 0.500. The van der Waals surface area contributed by atoms with Gasteiger partial charge in [-0.3, -0.25) is 4.79 Å². The molecule has 116 valence electrons. The third kappa shape index (κ3) is 3.54. The van der Waals surface area contributed by atoms with Gasteiger partial charge >= 0.3 is 0 Å². The molecule has 0 radical (unpaired) electrons. The fourth-order valence-electron chi connectivity index (χ4n) is 2.18. The van der Waals surface area contributed by atoms with Gasteiger partial charge in [0.05, 0.1) is 11.4 Å². The number of amides is 1. The zero-order valence-electron chi connectivity index (χ0n) is 12.5. The van der Waals surface area contributed by atoms with Crippen LogP contribution in [0.3, 0.4) is 0 Å². The number of carbonyl (C=O) groups excluding carboxylic acids is 1. The molecular weight excluding hydrogens is 290 g/mol. The second-order valence-corrected chi connectivity index (χ2v) is 7.23. The number of nitrogens with two attached hydrogens (primary N) is 1. The number of hydrogen-bond donors (Lipinski definition) is 3. The minimum absolute atomic E-state index is 0.166. The average Bonchev–Trinajstić information content (AvgIpc) is 3.18. The number of aryl methyl sites for hydroxylation is 1. The normalized spacial score (nSPS) is 15.0. The third-order valence-electron chi connectivity index (χ3n) is 3.71. The van der Waals surface area contributed by atoms with Gasteiger partial charge in [0.25, 0.3) is 0 Å². The van der Waals surface area contributed by atoms with Gasteiger partial charge in [-0.15, -0.1) is 0 Å². The van der Waals surface area contributed by atoms with Gasteiger partial charge in [-0.2, -0.15) is 0 Å². The monoisotopic (exact) mass is 311 g/mol. The Balaban J connectivity index is 2.21. The molecule has 1 saturated carbocycles. The predicted molar refractivity (Wildman–Crippen MR) is 81.4 cm³/mol. The summed E-state index contributed by atoms with van der Waals surface area (Å²) in [5.74, 6) is -0.308. The Kier molecular flexibility index (Phi) is 4.25. The van der Waals surface area contributed by atoms with Crippen LogP contribution in [0.15, 0.2) is 11.0 Å². The Hall–Kier alpha value is -1.60. The summed E-state index contributed by atoms with van der Waals surface area (Å²) in [5, 5.41) is 2.74. The van der Waals surface area contributed by atoms with E-state index in [9.17, 15) is 13.2 Å². The molecule has 1 aromatic carbocycles. The van der Waals surface area contributed by atoms with Crippen molar-refractivity contribution in [2.75, 3.05) is 12.3 Å². The van der Waals surface area contributed by atoms with Crippen LogP contribution in [-0.2, 0) is 14.8 Å². The van der Waals surface area contributed by atoms with Crippen molar-refractivity contribution in [3.05, 3.63) is 22.8 Å². The summed E-state index contributed by atoms with van der Waals surface area (Å²) in [6.45, 7) is 4.96. The Morgan fingerprint density at radius 1 is 1.29 bits per heavy atom. The minimum Gasteiger partial charge on any atom is -0.398 e. The van der Waals surface area contributed by atoms with Crippen LogP contribution in [0.2, 0.25) is 0 Å². The van der Waals surface area contributed by atoms with Crippen LogP contribution in [0.4, 0.5) is 5.69 Å². The Morgan fingerprint density at radius 3 is 2.48 bits per heavy atom. The minimum atomic E-state index is -3.77. The highest BCUT2D eigenvalue weighted by Crippen LogP contribution is 2.27. The van der Waals surface area contributed by atoms with Crippen LogP contribution in [0.1, 0.15) is 29.5 Å². The Morgan fingerprint density at radius 2 is 1.90 bits per heavy atom. The molecule has 0 aliphatic heterocycles. The van der Waals surface area contributed by atoms with Gasteiger partial charge in [-0.25, -0.2) is 13.1 Å². The molecule has 1 fully saturated rings. The van der Waals surface area contributed by atoms with Crippen LogP contribution in [0.5, 0.6) is 0 Å². The largest absolute Gasteiger partial charge is 0.398 e. The molecule has 0 saturated heterocycles. The van der Waals surface area contributed by atoms with Gasteiger partial charge in [0.15, 0.2) is 0 Å². The second-order valence-electron chi connectivity index (χ2n) is 5.53. The molecule has 7 heteroatoms. The summed E-state index contributed by atoms with van der Waals surface area (Å²) >= 11 is 0. The molecule has 0 heterocycles. The zero-order valence-corrected chi connectivity index (χ0v) is 13.3. The number of rotatable bonds is 5. The maximum Gasteiger partial charge on any atom is 0.241 e. The molecule has 1 aromatic rings. The lowest BCUT2D eigenvalue weighted by atomic mass is 10.1. The zero-order chi connectivity index (χ0) is 15.8. The summed E-state index contributed by atoms with van der Waals surface area (Å²) in [4.78, 5) is 11.8. The van der Waals surface area contributed by atoms with E-state index in [4.69, 9.17) is 5.73 Å². The molecule has 0 spiro atoms. The van der Waals surface area contributed by atoms with Gasteiger partial charge in [-0.1, -0.05) is 0 Å². The molecule has 4 N–H and O–H groups in total. The van der Waals surface area contributed by atoms with Gasteiger partial charge in [0, 0.05) is 11.7 Å². The number of hydrogen-bond acceptors (Lipinski definition) is 4. The lowest BCUT2D eigenvalue weighted by Crippen LogP contribution is -2.38.